The normalized spacial score (nSPS) is 28.7. The van der Waals surface area contributed by atoms with Crippen molar-refractivity contribution in [2.24, 2.45) is 0 Å². The second kappa shape index (κ2) is 5.69. The van der Waals surface area contributed by atoms with Gasteiger partial charge in [-0.1, -0.05) is 13.3 Å². The van der Waals surface area contributed by atoms with Crippen LogP contribution in [-0.4, -0.2) is 60.8 Å². The average Bonchev–Trinajstić information content (AvgIpc) is 2.29. The first-order valence-corrected chi connectivity index (χ1v) is 5.72. The Morgan fingerprint density at radius 3 is 2.71 bits per heavy atom. The van der Waals surface area contributed by atoms with Crippen molar-refractivity contribution in [2.45, 2.75) is 38.3 Å². The maximum Gasteiger partial charge on any atom is 0.0707 e. The highest BCUT2D eigenvalue weighted by Crippen LogP contribution is 2.13. The van der Waals surface area contributed by atoms with E-state index in [0.29, 0.717) is 6.04 Å². The first kappa shape index (κ1) is 12.0. The molecule has 0 aromatic carbocycles. The van der Waals surface area contributed by atoms with Crippen molar-refractivity contribution in [3.8, 4) is 0 Å². The fourth-order valence-electron chi connectivity index (χ4n) is 2.21. The van der Waals surface area contributed by atoms with Crippen LogP contribution in [0.5, 0.6) is 0 Å². The van der Waals surface area contributed by atoms with Crippen LogP contribution in [0.3, 0.4) is 0 Å². The van der Waals surface area contributed by atoms with Crippen LogP contribution in [0.1, 0.15) is 26.2 Å². The topological polar surface area (TPSA) is 26.7 Å². The van der Waals surface area contributed by atoms with Crippen molar-refractivity contribution >= 4 is 0 Å². The molecule has 0 aromatic rings. The van der Waals surface area contributed by atoms with E-state index < -0.39 is 0 Å². The van der Waals surface area contributed by atoms with Gasteiger partial charge in [0, 0.05) is 12.6 Å². The minimum atomic E-state index is -0.162. The highest BCUT2D eigenvalue weighted by molar-refractivity contribution is 4.82. The molecule has 1 N–H and O–H groups in total. The van der Waals surface area contributed by atoms with Gasteiger partial charge in [-0.2, -0.15) is 0 Å². The molecule has 1 fully saturated rings. The second-order valence-electron chi connectivity index (χ2n) is 4.52. The summed E-state index contributed by atoms with van der Waals surface area (Å²) in [6, 6.07) is 0.322. The monoisotopic (exact) mass is 200 g/mol. The first-order chi connectivity index (χ1) is 6.65. The minimum Gasteiger partial charge on any atom is -0.391 e. The van der Waals surface area contributed by atoms with Crippen LogP contribution in [0, 0.1) is 0 Å². The van der Waals surface area contributed by atoms with E-state index in [9.17, 15) is 5.11 Å². The number of hydrogen-bond acceptors (Lipinski definition) is 3. The van der Waals surface area contributed by atoms with Crippen molar-refractivity contribution in [3.63, 3.8) is 0 Å². The SMILES string of the molecule is CCCC(O)C1CN(C)CCCN1C. The van der Waals surface area contributed by atoms with Crippen LogP contribution >= 0.6 is 0 Å². The molecule has 1 heterocycles. The molecule has 0 aliphatic carbocycles. The van der Waals surface area contributed by atoms with E-state index in [1.807, 2.05) is 0 Å². The summed E-state index contributed by atoms with van der Waals surface area (Å²) in [4.78, 5) is 4.64. The molecule has 1 saturated heterocycles. The molecular weight excluding hydrogens is 176 g/mol. The number of hydrogen-bond donors (Lipinski definition) is 1. The van der Waals surface area contributed by atoms with E-state index in [4.69, 9.17) is 0 Å². The Morgan fingerprint density at radius 2 is 2.07 bits per heavy atom. The lowest BCUT2D eigenvalue weighted by Crippen LogP contribution is -2.46. The van der Waals surface area contributed by atoms with E-state index in [-0.39, 0.29) is 6.10 Å². The Balaban J connectivity index is 2.52. The predicted octanol–water partition coefficient (Wildman–Crippen LogP) is 0.783. The molecule has 0 aromatic heterocycles. The van der Waals surface area contributed by atoms with Gasteiger partial charge in [0.2, 0.25) is 0 Å². The summed E-state index contributed by atoms with van der Waals surface area (Å²) in [5.74, 6) is 0. The van der Waals surface area contributed by atoms with Crippen molar-refractivity contribution in [2.75, 3.05) is 33.7 Å². The maximum atomic E-state index is 10.0. The van der Waals surface area contributed by atoms with E-state index >= 15 is 0 Å². The van der Waals surface area contributed by atoms with Gasteiger partial charge < -0.3 is 10.0 Å². The molecule has 0 amide bonds. The van der Waals surface area contributed by atoms with Gasteiger partial charge in [-0.05, 0) is 40.0 Å². The van der Waals surface area contributed by atoms with E-state index in [1.165, 1.54) is 6.42 Å². The molecule has 2 unspecified atom stereocenters. The van der Waals surface area contributed by atoms with E-state index in [1.54, 1.807) is 0 Å². The second-order valence-corrected chi connectivity index (χ2v) is 4.52. The van der Waals surface area contributed by atoms with Gasteiger partial charge in [-0.25, -0.2) is 0 Å². The molecule has 3 heteroatoms. The fourth-order valence-corrected chi connectivity index (χ4v) is 2.21. The number of aliphatic hydroxyl groups is 1. The third-order valence-corrected chi connectivity index (χ3v) is 3.14. The van der Waals surface area contributed by atoms with Crippen molar-refractivity contribution in [3.05, 3.63) is 0 Å². The average molecular weight is 200 g/mol. The van der Waals surface area contributed by atoms with Gasteiger partial charge in [-0.15, -0.1) is 0 Å². The lowest BCUT2D eigenvalue weighted by Gasteiger charge is -2.31. The molecule has 0 radical (unpaired) electrons. The molecule has 1 aliphatic heterocycles. The summed E-state index contributed by atoms with van der Waals surface area (Å²) < 4.78 is 0. The highest BCUT2D eigenvalue weighted by atomic mass is 16.3. The van der Waals surface area contributed by atoms with Gasteiger partial charge >= 0.3 is 0 Å². The number of nitrogens with zero attached hydrogens (tertiary/aromatic N) is 2. The number of likely N-dealkylation sites (N-methyl/N-ethyl adjacent to an activating group) is 2. The smallest absolute Gasteiger partial charge is 0.0707 e. The quantitative estimate of drug-likeness (QED) is 0.729. The lowest BCUT2D eigenvalue weighted by molar-refractivity contribution is 0.0515. The number of aliphatic hydroxyl groups excluding tert-OH is 1. The zero-order chi connectivity index (χ0) is 10.6. The minimum absolute atomic E-state index is 0.162. The van der Waals surface area contributed by atoms with Crippen molar-refractivity contribution in [1.29, 1.82) is 0 Å². The number of rotatable bonds is 3. The molecule has 2 atom stereocenters. The van der Waals surface area contributed by atoms with Gasteiger partial charge in [0.1, 0.15) is 0 Å². The Hall–Kier alpha value is -0.120. The van der Waals surface area contributed by atoms with Crippen LogP contribution in [0.15, 0.2) is 0 Å². The summed E-state index contributed by atoms with van der Waals surface area (Å²) in [6.45, 7) is 5.39. The Kier molecular flexibility index (Phi) is 4.85. The molecule has 0 saturated carbocycles. The van der Waals surface area contributed by atoms with E-state index in [0.717, 1.165) is 32.5 Å². The molecule has 0 bridgehead atoms. The van der Waals surface area contributed by atoms with Crippen LogP contribution in [-0.2, 0) is 0 Å². The summed E-state index contributed by atoms with van der Waals surface area (Å²) in [5.41, 5.74) is 0. The molecule has 84 valence electrons. The van der Waals surface area contributed by atoms with Gasteiger partial charge in [-0.3, -0.25) is 4.90 Å². The van der Waals surface area contributed by atoms with Gasteiger partial charge in [0.15, 0.2) is 0 Å². The Labute approximate surface area is 87.7 Å². The fraction of sp³-hybridized carbons (Fsp3) is 1.00. The molecule has 14 heavy (non-hydrogen) atoms. The highest BCUT2D eigenvalue weighted by Gasteiger charge is 2.26. The third kappa shape index (κ3) is 3.23. The molecular formula is C11H24N2O. The van der Waals surface area contributed by atoms with Crippen LogP contribution < -0.4 is 0 Å². The summed E-state index contributed by atoms with van der Waals surface area (Å²) in [6.07, 6.45) is 3.03. The Bertz CT molecular complexity index is 163. The van der Waals surface area contributed by atoms with E-state index in [2.05, 4.69) is 30.8 Å². The van der Waals surface area contributed by atoms with Crippen molar-refractivity contribution in [1.82, 2.24) is 9.80 Å². The van der Waals surface area contributed by atoms with Crippen LogP contribution in [0.2, 0.25) is 0 Å². The zero-order valence-electron chi connectivity index (χ0n) is 9.74. The first-order valence-electron chi connectivity index (χ1n) is 5.72. The Morgan fingerprint density at radius 1 is 1.36 bits per heavy atom. The molecule has 1 rings (SSSR count). The predicted molar refractivity (Wildman–Crippen MR) is 59.4 cm³/mol. The summed E-state index contributed by atoms with van der Waals surface area (Å²) >= 11 is 0. The van der Waals surface area contributed by atoms with Gasteiger partial charge in [0.05, 0.1) is 6.10 Å². The summed E-state index contributed by atoms with van der Waals surface area (Å²) in [5, 5.41) is 10.0. The third-order valence-electron chi connectivity index (χ3n) is 3.14. The standard InChI is InChI=1S/C11H24N2O/c1-4-6-11(14)10-9-12(2)7-5-8-13(10)3/h10-11,14H,4-9H2,1-3H3. The maximum absolute atomic E-state index is 10.0. The lowest BCUT2D eigenvalue weighted by atomic mass is 10.1. The van der Waals surface area contributed by atoms with Crippen molar-refractivity contribution < 1.29 is 5.11 Å². The molecule has 1 aliphatic rings. The van der Waals surface area contributed by atoms with Gasteiger partial charge in [0.25, 0.3) is 0 Å². The zero-order valence-corrected chi connectivity index (χ0v) is 9.74. The van der Waals surface area contributed by atoms with Crippen LogP contribution in [0.4, 0.5) is 0 Å². The van der Waals surface area contributed by atoms with Crippen LogP contribution in [0.25, 0.3) is 0 Å². The summed E-state index contributed by atoms with van der Waals surface area (Å²) in [7, 11) is 4.27. The molecule has 0 spiro atoms. The largest absolute Gasteiger partial charge is 0.391 e. The molecule has 3 nitrogen and oxygen atoms in total.